The van der Waals surface area contributed by atoms with Crippen LogP contribution in [0.4, 0.5) is 0 Å². The summed E-state index contributed by atoms with van der Waals surface area (Å²) in [6.45, 7) is 0. The van der Waals surface area contributed by atoms with Crippen LogP contribution in [-0.4, -0.2) is 27.4 Å². The molecule has 0 unspecified atom stereocenters. The van der Waals surface area contributed by atoms with Crippen molar-refractivity contribution in [3.8, 4) is 17.4 Å². The normalized spacial score (nSPS) is 12.5. The average Bonchev–Trinajstić information content (AvgIpc) is 2.89. The van der Waals surface area contributed by atoms with Crippen molar-refractivity contribution in [2.45, 2.75) is 12.5 Å². The molecule has 0 fully saturated rings. The fourth-order valence-electron chi connectivity index (χ4n) is 1.39. The molecule has 4 N–H and O–H groups in total. The van der Waals surface area contributed by atoms with Gasteiger partial charge in [0.1, 0.15) is 6.04 Å². The lowest BCUT2D eigenvalue weighted by Gasteiger charge is -2.04. The number of carboxylic acid groups (broad SMARTS) is 1. The van der Waals surface area contributed by atoms with Crippen molar-refractivity contribution >= 4 is 5.97 Å². The first-order valence-electron chi connectivity index (χ1n) is 4.79. The number of hydrogen-bond donors (Lipinski definition) is 3. The van der Waals surface area contributed by atoms with Crippen molar-refractivity contribution < 1.29 is 23.9 Å². The molecule has 17 heavy (non-hydrogen) atoms. The van der Waals surface area contributed by atoms with E-state index in [1.807, 2.05) is 0 Å². The van der Waals surface area contributed by atoms with E-state index in [0.717, 1.165) is 0 Å². The second kappa shape index (κ2) is 4.30. The first-order chi connectivity index (χ1) is 8.09. The van der Waals surface area contributed by atoms with Crippen molar-refractivity contribution in [3.05, 3.63) is 24.0 Å². The van der Waals surface area contributed by atoms with Crippen molar-refractivity contribution in [2.24, 2.45) is 5.73 Å². The van der Waals surface area contributed by atoms with E-state index in [9.17, 15) is 9.90 Å². The Hall–Kier alpha value is -2.28. The van der Waals surface area contributed by atoms with E-state index in [-0.39, 0.29) is 23.6 Å². The third-order valence-corrected chi connectivity index (χ3v) is 2.25. The molecule has 2 aromatic heterocycles. The molecule has 2 heterocycles. The van der Waals surface area contributed by atoms with Crippen LogP contribution in [0.1, 0.15) is 5.56 Å². The minimum absolute atomic E-state index is 0.0965. The Labute approximate surface area is 95.4 Å². The number of nitrogens with zero attached hydrogens (tertiary/aromatic N) is 1. The van der Waals surface area contributed by atoms with Gasteiger partial charge in [-0.05, 0) is 17.3 Å². The Kier molecular flexibility index (Phi) is 2.84. The summed E-state index contributed by atoms with van der Waals surface area (Å²) in [7, 11) is 0. The van der Waals surface area contributed by atoms with Crippen molar-refractivity contribution in [3.63, 3.8) is 0 Å². The van der Waals surface area contributed by atoms with Crippen molar-refractivity contribution in [1.82, 2.24) is 5.16 Å². The van der Waals surface area contributed by atoms with E-state index in [2.05, 4.69) is 5.16 Å². The summed E-state index contributed by atoms with van der Waals surface area (Å²) in [6, 6.07) is 2.10. The van der Waals surface area contributed by atoms with Crippen LogP contribution in [0, 0.1) is 0 Å². The van der Waals surface area contributed by atoms with E-state index in [4.69, 9.17) is 19.8 Å². The zero-order valence-corrected chi connectivity index (χ0v) is 8.66. The minimum atomic E-state index is -1.17. The van der Waals surface area contributed by atoms with Crippen LogP contribution in [0.2, 0.25) is 0 Å². The Balaban J connectivity index is 2.33. The lowest BCUT2D eigenvalue weighted by Crippen LogP contribution is -2.32. The largest absolute Gasteiger partial charge is 0.491 e. The highest BCUT2D eigenvalue weighted by Crippen LogP contribution is 2.30. The molecule has 0 amide bonds. The second-order valence-corrected chi connectivity index (χ2v) is 3.44. The lowest BCUT2D eigenvalue weighted by atomic mass is 10.1. The fourth-order valence-corrected chi connectivity index (χ4v) is 1.39. The second-order valence-electron chi connectivity index (χ2n) is 3.44. The van der Waals surface area contributed by atoms with Gasteiger partial charge < -0.3 is 24.9 Å². The number of carboxylic acids is 1. The summed E-state index contributed by atoms with van der Waals surface area (Å²) in [4.78, 5) is 10.7. The van der Waals surface area contributed by atoms with Gasteiger partial charge in [-0.25, -0.2) is 0 Å². The number of furan rings is 1. The maximum atomic E-state index is 10.7. The van der Waals surface area contributed by atoms with Crippen LogP contribution in [0.25, 0.3) is 11.5 Å². The van der Waals surface area contributed by atoms with Gasteiger partial charge >= 0.3 is 5.97 Å². The van der Waals surface area contributed by atoms with Gasteiger partial charge in [-0.2, -0.15) is 0 Å². The molecule has 0 spiro atoms. The third-order valence-electron chi connectivity index (χ3n) is 2.25. The predicted molar refractivity (Wildman–Crippen MR) is 55.2 cm³/mol. The summed E-state index contributed by atoms with van der Waals surface area (Å²) < 4.78 is 9.96. The summed E-state index contributed by atoms with van der Waals surface area (Å²) in [5.41, 5.74) is 5.61. The van der Waals surface area contributed by atoms with Crippen LogP contribution in [0.5, 0.6) is 5.88 Å². The highest BCUT2D eigenvalue weighted by molar-refractivity contribution is 5.74. The number of carbonyl (C=O) groups is 1. The molecule has 0 aliphatic rings. The monoisotopic (exact) mass is 238 g/mol. The number of nitrogens with two attached hydrogens (primary N) is 1. The molecule has 2 aromatic rings. The topological polar surface area (TPSA) is 123 Å². The number of hydrogen-bond acceptors (Lipinski definition) is 6. The zero-order chi connectivity index (χ0) is 12.4. The van der Waals surface area contributed by atoms with Gasteiger partial charge in [0.15, 0.2) is 5.76 Å². The lowest BCUT2D eigenvalue weighted by molar-refractivity contribution is -0.138. The first kappa shape index (κ1) is 11.2. The maximum Gasteiger partial charge on any atom is 0.320 e. The standard InChI is InChI=1S/C10H10N2O5/c11-6(10(14)15)4-5-8(17-12-9(5)13)7-2-1-3-16-7/h1-3,6H,4,11H2,(H,12,13)(H,14,15)/t6-/m0/s1. The van der Waals surface area contributed by atoms with E-state index >= 15 is 0 Å². The molecule has 7 heteroatoms. The predicted octanol–water partition coefficient (Wildman–Crippen LogP) is 0.595. The summed E-state index contributed by atoms with van der Waals surface area (Å²) in [5, 5.41) is 21.5. The quantitative estimate of drug-likeness (QED) is 0.712. The highest BCUT2D eigenvalue weighted by Gasteiger charge is 2.23. The van der Waals surface area contributed by atoms with Crippen LogP contribution in [0.15, 0.2) is 27.3 Å². The number of aromatic hydroxyl groups is 1. The SMILES string of the molecule is N[C@@H](Cc1c(O)noc1-c1ccco1)C(=O)O. The van der Waals surface area contributed by atoms with Crippen LogP contribution < -0.4 is 5.73 Å². The van der Waals surface area contributed by atoms with Gasteiger partial charge in [-0.1, -0.05) is 0 Å². The van der Waals surface area contributed by atoms with E-state index < -0.39 is 12.0 Å². The zero-order valence-electron chi connectivity index (χ0n) is 8.66. The average molecular weight is 238 g/mol. The highest BCUT2D eigenvalue weighted by atomic mass is 16.5. The Morgan fingerprint density at radius 1 is 1.59 bits per heavy atom. The third kappa shape index (κ3) is 2.13. The summed E-state index contributed by atoms with van der Waals surface area (Å²) in [5.74, 6) is -1.02. The Bertz CT molecular complexity index is 517. The summed E-state index contributed by atoms with van der Waals surface area (Å²) >= 11 is 0. The fraction of sp³-hybridized carbons (Fsp3) is 0.200. The minimum Gasteiger partial charge on any atom is -0.491 e. The van der Waals surface area contributed by atoms with Gasteiger partial charge in [0.05, 0.1) is 11.8 Å². The van der Waals surface area contributed by atoms with Crippen LogP contribution in [0.3, 0.4) is 0 Å². The molecule has 1 atom stereocenters. The smallest absolute Gasteiger partial charge is 0.320 e. The van der Waals surface area contributed by atoms with Gasteiger partial charge in [-0.15, -0.1) is 0 Å². The molecule has 7 nitrogen and oxygen atoms in total. The molecule has 0 bridgehead atoms. The van der Waals surface area contributed by atoms with Crippen LogP contribution >= 0.6 is 0 Å². The van der Waals surface area contributed by atoms with E-state index in [1.54, 1.807) is 12.1 Å². The van der Waals surface area contributed by atoms with Crippen LogP contribution in [-0.2, 0) is 11.2 Å². The van der Waals surface area contributed by atoms with Gasteiger partial charge in [0.2, 0.25) is 5.76 Å². The first-order valence-corrected chi connectivity index (χ1v) is 4.79. The number of rotatable bonds is 4. The molecule has 0 aliphatic carbocycles. The molecular formula is C10H10N2O5. The molecule has 0 saturated heterocycles. The number of aliphatic carboxylic acids is 1. The molecule has 2 rings (SSSR count). The Morgan fingerprint density at radius 2 is 2.35 bits per heavy atom. The van der Waals surface area contributed by atoms with Crippen molar-refractivity contribution in [1.29, 1.82) is 0 Å². The van der Waals surface area contributed by atoms with Gasteiger partial charge in [0, 0.05) is 6.42 Å². The van der Waals surface area contributed by atoms with E-state index in [1.165, 1.54) is 6.26 Å². The molecule has 0 radical (unpaired) electrons. The molecule has 90 valence electrons. The van der Waals surface area contributed by atoms with Gasteiger partial charge in [-0.3, -0.25) is 4.79 Å². The number of aromatic nitrogens is 1. The van der Waals surface area contributed by atoms with Gasteiger partial charge in [0.25, 0.3) is 5.88 Å². The molecule has 0 aromatic carbocycles. The molecule has 0 saturated carbocycles. The van der Waals surface area contributed by atoms with E-state index in [0.29, 0.717) is 5.76 Å². The molecule has 0 aliphatic heterocycles. The maximum absolute atomic E-state index is 10.7. The Morgan fingerprint density at radius 3 is 2.94 bits per heavy atom. The molecular weight excluding hydrogens is 228 g/mol. The van der Waals surface area contributed by atoms with Crippen molar-refractivity contribution in [2.75, 3.05) is 0 Å². The summed E-state index contributed by atoms with van der Waals surface area (Å²) in [6.07, 6.45) is 1.33.